The molecule has 1 aliphatic rings. The molecule has 1 aromatic carbocycles. The number of rotatable bonds is 4. The Morgan fingerprint density at radius 2 is 1.88 bits per heavy atom. The van der Waals surface area contributed by atoms with Gasteiger partial charge in [-0.25, -0.2) is 0 Å². The molecule has 0 N–H and O–H groups in total. The van der Waals surface area contributed by atoms with Crippen molar-refractivity contribution in [1.82, 2.24) is 0 Å². The van der Waals surface area contributed by atoms with Gasteiger partial charge in [-0.15, -0.1) is 0 Å². The average molecular weight is 230 g/mol. The first-order valence-electron chi connectivity index (χ1n) is 6.24. The third kappa shape index (κ3) is 2.17. The smallest absolute Gasteiger partial charge is 0.166 e. The largest absolute Gasteiger partial charge is 0.300 e. The second kappa shape index (κ2) is 4.82. The van der Waals surface area contributed by atoms with E-state index in [0.717, 1.165) is 18.4 Å². The number of carbonyl (C=O) groups is 2. The fourth-order valence-corrected chi connectivity index (χ4v) is 2.78. The van der Waals surface area contributed by atoms with Gasteiger partial charge in [-0.2, -0.15) is 0 Å². The molecule has 1 aliphatic carbocycles. The van der Waals surface area contributed by atoms with Crippen molar-refractivity contribution in [1.29, 1.82) is 0 Å². The molecule has 0 unspecified atom stereocenters. The first-order valence-corrected chi connectivity index (χ1v) is 6.24. The van der Waals surface area contributed by atoms with Gasteiger partial charge in [0, 0.05) is 17.4 Å². The monoisotopic (exact) mass is 230 g/mol. The lowest BCUT2D eigenvalue weighted by Gasteiger charge is -2.42. The van der Waals surface area contributed by atoms with E-state index in [1.807, 2.05) is 30.3 Å². The summed E-state index contributed by atoms with van der Waals surface area (Å²) < 4.78 is 0. The SMILES string of the molecule is CC[C@H]1C[C@@H](C(C)=O)[C@@H]1C(=O)c1ccccc1. The van der Waals surface area contributed by atoms with Crippen LogP contribution < -0.4 is 0 Å². The second-order valence-electron chi connectivity index (χ2n) is 4.88. The van der Waals surface area contributed by atoms with Crippen molar-refractivity contribution in [3.8, 4) is 0 Å². The molecular formula is C15H18O2. The molecule has 0 heterocycles. The highest BCUT2D eigenvalue weighted by Crippen LogP contribution is 2.44. The third-order valence-electron chi connectivity index (χ3n) is 3.91. The van der Waals surface area contributed by atoms with Crippen LogP contribution in [0.2, 0.25) is 0 Å². The van der Waals surface area contributed by atoms with E-state index in [4.69, 9.17) is 0 Å². The molecule has 0 saturated heterocycles. The summed E-state index contributed by atoms with van der Waals surface area (Å²) in [5.74, 6) is 0.553. The maximum atomic E-state index is 12.4. The van der Waals surface area contributed by atoms with Gasteiger partial charge in [0.25, 0.3) is 0 Å². The Hall–Kier alpha value is -1.44. The van der Waals surface area contributed by atoms with Crippen LogP contribution in [0.1, 0.15) is 37.0 Å². The van der Waals surface area contributed by atoms with Crippen LogP contribution in [0.4, 0.5) is 0 Å². The van der Waals surface area contributed by atoms with E-state index < -0.39 is 0 Å². The number of hydrogen-bond acceptors (Lipinski definition) is 2. The number of ketones is 2. The van der Waals surface area contributed by atoms with Crippen molar-refractivity contribution in [2.24, 2.45) is 17.8 Å². The predicted molar refractivity (Wildman–Crippen MR) is 66.8 cm³/mol. The van der Waals surface area contributed by atoms with Gasteiger partial charge in [0.05, 0.1) is 0 Å². The lowest BCUT2D eigenvalue weighted by Crippen LogP contribution is -2.45. The highest BCUT2D eigenvalue weighted by Gasteiger charge is 2.46. The Kier molecular flexibility index (Phi) is 3.41. The topological polar surface area (TPSA) is 34.1 Å². The minimum absolute atomic E-state index is 0.0485. The van der Waals surface area contributed by atoms with Crippen LogP contribution in [0.5, 0.6) is 0 Å². The first kappa shape index (κ1) is 12.0. The maximum Gasteiger partial charge on any atom is 0.166 e. The number of carbonyl (C=O) groups excluding carboxylic acids is 2. The average Bonchev–Trinajstić information content (AvgIpc) is 2.29. The molecule has 2 rings (SSSR count). The highest BCUT2D eigenvalue weighted by atomic mass is 16.1. The van der Waals surface area contributed by atoms with Crippen molar-refractivity contribution in [2.45, 2.75) is 26.7 Å². The van der Waals surface area contributed by atoms with Crippen LogP contribution in [-0.4, -0.2) is 11.6 Å². The number of Topliss-reactive ketones (excluding diaryl/α,β-unsaturated/α-hetero) is 2. The van der Waals surface area contributed by atoms with E-state index in [1.165, 1.54) is 0 Å². The molecule has 90 valence electrons. The van der Waals surface area contributed by atoms with Crippen LogP contribution in [0.3, 0.4) is 0 Å². The Morgan fingerprint density at radius 3 is 2.41 bits per heavy atom. The molecule has 0 aliphatic heterocycles. The van der Waals surface area contributed by atoms with Gasteiger partial charge in [-0.05, 0) is 19.3 Å². The number of benzene rings is 1. The zero-order valence-electron chi connectivity index (χ0n) is 10.3. The summed E-state index contributed by atoms with van der Waals surface area (Å²) in [6, 6.07) is 9.32. The third-order valence-corrected chi connectivity index (χ3v) is 3.91. The second-order valence-corrected chi connectivity index (χ2v) is 4.88. The lowest BCUT2D eigenvalue weighted by atomic mass is 9.60. The van der Waals surface area contributed by atoms with E-state index in [0.29, 0.717) is 5.92 Å². The first-order chi connectivity index (χ1) is 8.15. The van der Waals surface area contributed by atoms with E-state index in [2.05, 4.69) is 6.92 Å². The molecule has 2 nitrogen and oxygen atoms in total. The van der Waals surface area contributed by atoms with Crippen LogP contribution in [-0.2, 0) is 4.79 Å². The molecule has 2 heteroatoms. The molecule has 1 aromatic rings. The normalized spacial score (nSPS) is 27.3. The summed E-state index contributed by atoms with van der Waals surface area (Å²) in [5, 5.41) is 0. The predicted octanol–water partition coefficient (Wildman–Crippen LogP) is 3.12. The van der Waals surface area contributed by atoms with Crippen LogP contribution in [0.25, 0.3) is 0 Å². The van der Waals surface area contributed by atoms with Crippen LogP contribution in [0.15, 0.2) is 30.3 Å². The Labute approximate surface area is 102 Å². The Bertz CT molecular complexity index is 422. The molecule has 1 saturated carbocycles. The molecule has 1 fully saturated rings. The number of hydrogen-bond donors (Lipinski definition) is 0. The van der Waals surface area contributed by atoms with E-state index in [1.54, 1.807) is 6.92 Å². The van der Waals surface area contributed by atoms with Gasteiger partial charge >= 0.3 is 0 Å². The van der Waals surface area contributed by atoms with Crippen LogP contribution >= 0.6 is 0 Å². The fraction of sp³-hybridized carbons (Fsp3) is 0.467. The molecule has 0 amide bonds. The van der Waals surface area contributed by atoms with Gasteiger partial charge in [-0.1, -0.05) is 43.7 Å². The zero-order valence-corrected chi connectivity index (χ0v) is 10.3. The van der Waals surface area contributed by atoms with Gasteiger partial charge in [0.1, 0.15) is 5.78 Å². The summed E-state index contributed by atoms with van der Waals surface area (Å²) in [6.45, 7) is 3.69. The van der Waals surface area contributed by atoms with Gasteiger partial charge in [0.15, 0.2) is 5.78 Å². The standard InChI is InChI=1S/C15H18O2/c1-3-11-9-13(10(2)16)14(11)15(17)12-7-5-4-6-8-12/h4-8,11,13-14H,3,9H2,1-2H3/t11-,13-,14+/m0/s1. The van der Waals surface area contributed by atoms with Crippen LogP contribution in [0, 0.1) is 17.8 Å². The zero-order chi connectivity index (χ0) is 12.4. The molecule has 3 atom stereocenters. The summed E-state index contributed by atoms with van der Waals surface area (Å²) >= 11 is 0. The van der Waals surface area contributed by atoms with Crippen molar-refractivity contribution >= 4 is 11.6 Å². The van der Waals surface area contributed by atoms with Crippen molar-refractivity contribution in [3.05, 3.63) is 35.9 Å². The molecule has 17 heavy (non-hydrogen) atoms. The minimum Gasteiger partial charge on any atom is -0.300 e. The van der Waals surface area contributed by atoms with Gasteiger partial charge < -0.3 is 0 Å². The molecule has 0 spiro atoms. The fourth-order valence-electron chi connectivity index (χ4n) is 2.78. The molecule has 0 bridgehead atoms. The van der Waals surface area contributed by atoms with E-state index in [-0.39, 0.29) is 23.4 Å². The van der Waals surface area contributed by atoms with Crippen molar-refractivity contribution < 1.29 is 9.59 Å². The Morgan fingerprint density at radius 1 is 1.24 bits per heavy atom. The maximum absolute atomic E-state index is 12.4. The van der Waals surface area contributed by atoms with Crippen molar-refractivity contribution in [3.63, 3.8) is 0 Å². The molecule has 0 aromatic heterocycles. The summed E-state index contributed by atoms with van der Waals surface area (Å²) in [7, 11) is 0. The minimum atomic E-state index is -0.0834. The van der Waals surface area contributed by atoms with Gasteiger partial charge in [-0.3, -0.25) is 9.59 Å². The highest BCUT2D eigenvalue weighted by molar-refractivity contribution is 6.01. The molecular weight excluding hydrogens is 212 g/mol. The molecule has 0 radical (unpaired) electrons. The van der Waals surface area contributed by atoms with E-state index >= 15 is 0 Å². The van der Waals surface area contributed by atoms with Crippen molar-refractivity contribution in [2.75, 3.05) is 0 Å². The quantitative estimate of drug-likeness (QED) is 0.745. The lowest BCUT2D eigenvalue weighted by molar-refractivity contribution is -0.127. The summed E-state index contributed by atoms with van der Waals surface area (Å²) in [6.07, 6.45) is 1.86. The Balaban J connectivity index is 2.20. The summed E-state index contributed by atoms with van der Waals surface area (Å²) in [5.41, 5.74) is 0.738. The van der Waals surface area contributed by atoms with Gasteiger partial charge in [0.2, 0.25) is 0 Å². The van der Waals surface area contributed by atoms with E-state index in [9.17, 15) is 9.59 Å². The summed E-state index contributed by atoms with van der Waals surface area (Å²) in [4.78, 5) is 23.8.